The first-order valence-electron chi connectivity index (χ1n) is 10.5. The summed E-state index contributed by atoms with van der Waals surface area (Å²) in [7, 11) is 0. The van der Waals surface area contributed by atoms with Crippen molar-refractivity contribution < 1.29 is 13.9 Å². The number of carbonyl (C=O) groups excluding carboxylic acids is 1. The van der Waals surface area contributed by atoms with Crippen molar-refractivity contribution >= 4 is 5.91 Å². The minimum Gasteiger partial charge on any atom is -0.375 e. The van der Waals surface area contributed by atoms with E-state index in [9.17, 15) is 9.18 Å². The van der Waals surface area contributed by atoms with Gasteiger partial charge in [0.2, 0.25) is 5.91 Å². The Labute approximate surface area is 163 Å². The fraction of sp³-hybridized carbons (Fsp3) is 0.696. The Bertz CT molecular complexity index is 634. The fourth-order valence-corrected chi connectivity index (χ4v) is 5.11. The van der Waals surface area contributed by atoms with Crippen LogP contribution in [0.3, 0.4) is 0 Å². The van der Waals surface area contributed by atoms with E-state index in [-0.39, 0.29) is 28.8 Å². The molecule has 0 radical (unpaired) electrons. The van der Waals surface area contributed by atoms with Gasteiger partial charge >= 0.3 is 0 Å². The molecule has 1 amide bonds. The van der Waals surface area contributed by atoms with E-state index in [0.717, 1.165) is 38.6 Å². The van der Waals surface area contributed by atoms with Gasteiger partial charge in [0.15, 0.2) is 0 Å². The Morgan fingerprint density at radius 1 is 1.19 bits per heavy atom. The van der Waals surface area contributed by atoms with Gasteiger partial charge in [-0.05, 0) is 69.1 Å². The van der Waals surface area contributed by atoms with E-state index in [4.69, 9.17) is 4.74 Å². The van der Waals surface area contributed by atoms with Crippen molar-refractivity contribution in [2.24, 2.45) is 0 Å². The second-order valence-electron chi connectivity index (χ2n) is 9.07. The van der Waals surface area contributed by atoms with Crippen LogP contribution in [0.25, 0.3) is 0 Å². The first-order chi connectivity index (χ1) is 12.8. The minimum absolute atomic E-state index is 0.0698. The van der Waals surface area contributed by atoms with Crippen LogP contribution in [0.4, 0.5) is 4.39 Å². The Hall–Kier alpha value is -1.42. The van der Waals surface area contributed by atoms with Crippen LogP contribution in [0.15, 0.2) is 24.3 Å². The maximum Gasteiger partial charge on any atom is 0.219 e. The van der Waals surface area contributed by atoms with Gasteiger partial charge in [0.25, 0.3) is 0 Å². The van der Waals surface area contributed by atoms with Crippen LogP contribution in [0.5, 0.6) is 0 Å². The molecule has 0 N–H and O–H groups in total. The SMILES string of the molecule is CC(=O)N(CCC1(c2ccc(F)cc2)CCCCC1)C1CCOC(C)(C)C1. The van der Waals surface area contributed by atoms with Crippen molar-refractivity contribution in [1.82, 2.24) is 4.90 Å². The molecule has 3 nitrogen and oxygen atoms in total. The van der Waals surface area contributed by atoms with Gasteiger partial charge in [-0.2, -0.15) is 0 Å². The summed E-state index contributed by atoms with van der Waals surface area (Å²) in [6.07, 6.45) is 8.70. The molecular formula is C23H34FNO2. The summed E-state index contributed by atoms with van der Waals surface area (Å²) >= 11 is 0. The van der Waals surface area contributed by atoms with Crippen molar-refractivity contribution in [3.63, 3.8) is 0 Å². The van der Waals surface area contributed by atoms with Gasteiger partial charge in [0, 0.05) is 26.1 Å². The van der Waals surface area contributed by atoms with E-state index < -0.39 is 0 Å². The smallest absolute Gasteiger partial charge is 0.219 e. The second-order valence-corrected chi connectivity index (χ2v) is 9.07. The summed E-state index contributed by atoms with van der Waals surface area (Å²) in [6, 6.07) is 7.32. The zero-order chi connectivity index (χ0) is 19.5. The number of amides is 1. The summed E-state index contributed by atoms with van der Waals surface area (Å²) in [6.45, 7) is 7.39. The zero-order valence-electron chi connectivity index (χ0n) is 17.1. The van der Waals surface area contributed by atoms with Crippen molar-refractivity contribution in [3.8, 4) is 0 Å². The summed E-state index contributed by atoms with van der Waals surface area (Å²) < 4.78 is 19.3. The van der Waals surface area contributed by atoms with Crippen LogP contribution < -0.4 is 0 Å². The lowest BCUT2D eigenvalue weighted by atomic mass is 9.67. The topological polar surface area (TPSA) is 29.5 Å². The van der Waals surface area contributed by atoms with E-state index in [1.807, 2.05) is 12.1 Å². The molecule has 1 atom stereocenters. The molecule has 1 heterocycles. The van der Waals surface area contributed by atoms with E-state index >= 15 is 0 Å². The molecule has 1 aliphatic carbocycles. The molecular weight excluding hydrogens is 341 g/mol. The highest BCUT2D eigenvalue weighted by atomic mass is 19.1. The molecule has 1 aromatic carbocycles. The molecule has 4 heteroatoms. The molecule has 1 aromatic rings. The lowest BCUT2D eigenvalue weighted by Gasteiger charge is -2.44. The number of hydrogen-bond donors (Lipinski definition) is 0. The molecule has 0 bridgehead atoms. The number of ether oxygens (including phenoxy) is 1. The minimum atomic E-state index is -0.181. The van der Waals surface area contributed by atoms with Crippen LogP contribution in [0.1, 0.15) is 77.7 Å². The number of rotatable bonds is 5. The lowest BCUT2D eigenvalue weighted by Crippen LogP contribution is -2.49. The molecule has 2 aliphatic rings. The highest BCUT2D eigenvalue weighted by Gasteiger charge is 2.37. The van der Waals surface area contributed by atoms with Crippen LogP contribution >= 0.6 is 0 Å². The Kier molecular flexibility index (Phi) is 6.25. The maximum atomic E-state index is 13.4. The molecule has 0 aromatic heterocycles. The summed E-state index contributed by atoms with van der Waals surface area (Å²) in [4.78, 5) is 14.5. The highest BCUT2D eigenvalue weighted by Crippen LogP contribution is 2.42. The fourth-order valence-electron chi connectivity index (χ4n) is 5.11. The zero-order valence-corrected chi connectivity index (χ0v) is 17.1. The van der Waals surface area contributed by atoms with Gasteiger partial charge in [-0.1, -0.05) is 31.4 Å². The van der Waals surface area contributed by atoms with Crippen molar-refractivity contribution in [1.29, 1.82) is 0 Å². The molecule has 1 saturated carbocycles. The highest BCUT2D eigenvalue weighted by molar-refractivity contribution is 5.73. The molecule has 150 valence electrons. The van der Waals surface area contributed by atoms with E-state index in [2.05, 4.69) is 18.7 Å². The quantitative estimate of drug-likeness (QED) is 0.706. The van der Waals surface area contributed by atoms with Crippen LogP contribution in [-0.2, 0) is 14.9 Å². The predicted octanol–water partition coefficient (Wildman–Crippen LogP) is 5.22. The molecule has 1 saturated heterocycles. The molecule has 0 spiro atoms. The van der Waals surface area contributed by atoms with Crippen molar-refractivity contribution in [2.45, 2.75) is 89.2 Å². The Morgan fingerprint density at radius 2 is 1.85 bits per heavy atom. The Morgan fingerprint density at radius 3 is 2.44 bits per heavy atom. The summed E-state index contributed by atoms with van der Waals surface area (Å²) in [5, 5.41) is 0. The predicted molar refractivity (Wildman–Crippen MR) is 106 cm³/mol. The van der Waals surface area contributed by atoms with E-state index in [1.165, 1.54) is 24.8 Å². The maximum absolute atomic E-state index is 13.4. The van der Waals surface area contributed by atoms with Crippen molar-refractivity contribution in [2.75, 3.05) is 13.2 Å². The summed E-state index contributed by atoms with van der Waals surface area (Å²) in [5.74, 6) is -0.0257. The Balaban J connectivity index is 1.76. The van der Waals surface area contributed by atoms with Gasteiger partial charge in [-0.3, -0.25) is 4.79 Å². The number of hydrogen-bond acceptors (Lipinski definition) is 2. The van der Waals surface area contributed by atoms with Crippen molar-refractivity contribution in [3.05, 3.63) is 35.6 Å². The first kappa shape index (κ1) is 20.3. The molecule has 27 heavy (non-hydrogen) atoms. The average Bonchev–Trinajstić information content (AvgIpc) is 2.62. The third-order valence-corrected chi connectivity index (χ3v) is 6.61. The third-order valence-electron chi connectivity index (χ3n) is 6.61. The standard InChI is InChI=1S/C23H34FNO2/c1-18(26)25(21-11-16-27-22(2,3)17-21)15-14-23(12-5-4-6-13-23)19-7-9-20(24)10-8-19/h7-10,21H,4-6,11-17H2,1-3H3. The van der Waals surface area contributed by atoms with Crippen LogP contribution in [0.2, 0.25) is 0 Å². The van der Waals surface area contributed by atoms with Gasteiger partial charge in [0.05, 0.1) is 5.60 Å². The number of nitrogens with zero attached hydrogens (tertiary/aromatic N) is 1. The van der Waals surface area contributed by atoms with Gasteiger partial charge < -0.3 is 9.64 Å². The largest absolute Gasteiger partial charge is 0.375 e. The van der Waals surface area contributed by atoms with E-state index in [1.54, 1.807) is 19.1 Å². The number of carbonyl (C=O) groups is 1. The molecule has 2 fully saturated rings. The van der Waals surface area contributed by atoms with Gasteiger partial charge in [-0.15, -0.1) is 0 Å². The van der Waals surface area contributed by atoms with Crippen LogP contribution in [-0.4, -0.2) is 35.6 Å². The first-order valence-corrected chi connectivity index (χ1v) is 10.5. The van der Waals surface area contributed by atoms with Gasteiger partial charge in [-0.25, -0.2) is 4.39 Å². The number of halogens is 1. The van der Waals surface area contributed by atoms with Gasteiger partial charge in [0.1, 0.15) is 5.82 Å². The average molecular weight is 376 g/mol. The molecule has 1 unspecified atom stereocenters. The molecule has 1 aliphatic heterocycles. The third kappa shape index (κ3) is 4.90. The normalized spacial score (nSPS) is 24.4. The second kappa shape index (κ2) is 8.30. The molecule has 3 rings (SSSR count). The summed E-state index contributed by atoms with van der Waals surface area (Å²) in [5.41, 5.74) is 1.13. The van der Waals surface area contributed by atoms with Crippen LogP contribution in [0, 0.1) is 5.82 Å². The van der Waals surface area contributed by atoms with E-state index in [0.29, 0.717) is 6.61 Å². The number of benzene rings is 1. The lowest BCUT2D eigenvalue weighted by molar-refractivity contribution is -0.138. The monoisotopic (exact) mass is 375 g/mol.